The van der Waals surface area contributed by atoms with Crippen molar-refractivity contribution in [2.24, 2.45) is 0 Å². The second kappa shape index (κ2) is 14.2. The van der Waals surface area contributed by atoms with Crippen LogP contribution in [0.3, 0.4) is 0 Å². The molecular weight excluding hydrogens is 803 g/mol. The van der Waals surface area contributed by atoms with Gasteiger partial charge in [-0.2, -0.15) is 0 Å². The number of ether oxygens (including phenoxy) is 1. The quantitative estimate of drug-likeness (QED) is 0.173. The summed E-state index contributed by atoms with van der Waals surface area (Å²) in [6, 6.07) is 85.6. The Kier molecular flexibility index (Phi) is 7.90. The van der Waals surface area contributed by atoms with E-state index in [-0.39, 0.29) is 0 Å². The summed E-state index contributed by atoms with van der Waals surface area (Å²) in [7, 11) is 0. The van der Waals surface area contributed by atoms with E-state index in [2.05, 4.69) is 235 Å². The van der Waals surface area contributed by atoms with Crippen molar-refractivity contribution in [1.82, 2.24) is 0 Å². The molecule has 11 aromatic carbocycles. The first-order valence-electron chi connectivity index (χ1n) is 22.7. The van der Waals surface area contributed by atoms with Gasteiger partial charge in [0.25, 0.3) is 0 Å². The lowest BCUT2D eigenvalue weighted by molar-refractivity contribution is 0.447. The van der Waals surface area contributed by atoms with Crippen molar-refractivity contribution in [3.8, 4) is 44.9 Å². The molecule has 0 unspecified atom stereocenters. The van der Waals surface area contributed by atoms with E-state index in [1.807, 2.05) is 6.07 Å². The second-order valence-electron chi connectivity index (χ2n) is 17.5. The molecule has 14 rings (SSSR count). The molecule has 1 spiro atoms. The summed E-state index contributed by atoms with van der Waals surface area (Å²) in [6.07, 6.45) is 0. The normalized spacial score (nSPS) is 13.1. The van der Waals surface area contributed by atoms with E-state index in [9.17, 15) is 0 Å². The summed E-state index contributed by atoms with van der Waals surface area (Å²) in [5.41, 5.74) is 16.4. The summed E-state index contributed by atoms with van der Waals surface area (Å²) >= 11 is 0. The van der Waals surface area contributed by atoms with Gasteiger partial charge in [-0.05, 0) is 97.7 Å². The molecule has 0 atom stereocenters. The van der Waals surface area contributed by atoms with E-state index in [0.717, 1.165) is 88.7 Å². The summed E-state index contributed by atoms with van der Waals surface area (Å²) in [4.78, 5) is 2.37. The maximum Gasteiger partial charge on any atom is 0.140 e. The van der Waals surface area contributed by atoms with Crippen LogP contribution in [0.2, 0.25) is 0 Å². The van der Waals surface area contributed by atoms with E-state index in [4.69, 9.17) is 9.15 Å². The van der Waals surface area contributed by atoms with Gasteiger partial charge in [0, 0.05) is 38.7 Å². The SMILES string of the molecule is c1ccc(-c2ccc(N(c3ccc(-c4cccc5c4-c4ccccc4C54c5ccc6ccccc6c5Oc5c4ccc4ccccc54)cc3)c3cccc4oc5ccccc5c34)cc2)cc1. The fourth-order valence-corrected chi connectivity index (χ4v) is 11.3. The zero-order valence-electron chi connectivity index (χ0n) is 35.8. The molecule has 3 nitrogen and oxygen atoms in total. The molecule has 0 fully saturated rings. The summed E-state index contributed by atoms with van der Waals surface area (Å²) < 4.78 is 13.6. The van der Waals surface area contributed by atoms with Crippen LogP contribution in [0.25, 0.3) is 76.9 Å². The molecule has 1 aliphatic carbocycles. The van der Waals surface area contributed by atoms with Crippen molar-refractivity contribution in [2.45, 2.75) is 5.41 Å². The molecule has 0 N–H and O–H groups in total. The Morgan fingerprint density at radius 1 is 0.333 bits per heavy atom. The smallest absolute Gasteiger partial charge is 0.140 e. The number of hydrogen-bond donors (Lipinski definition) is 0. The van der Waals surface area contributed by atoms with Gasteiger partial charge in [-0.25, -0.2) is 0 Å². The number of benzene rings is 11. The topological polar surface area (TPSA) is 25.6 Å². The molecule has 2 aliphatic rings. The van der Waals surface area contributed by atoms with E-state index in [1.165, 1.54) is 38.9 Å². The van der Waals surface area contributed by atoms with Crippen molar-refractivity contribution in [3.63, 3.8) is 0 Å². The summed E-state index contributed by atoms with van der Waals surface area (Å²) in [5.74, 6) is 1.85. The van der Waals surface area contributed by atoms with E-state index < -0.39 is 5.41 Å². The third-order valence-electron chi connectivity index (χ3n) is 14.1. The van der Waals surface area contributed by atoms with E-state index in [0.29, 0.717) is 0 Å². The van der Waals surface area contributed by atoms with Gasteiger partial charge in [0.1, 0.15) is 22.7 Å². The van der Waals surface area contributed by atoms with Crippen LogP contribution in [0.1, 0.15) is 22.3 Å². The maximum absolute atomic E-state index is 7.21. The van der Waals surface area contributed by atoms with Crippen LogP contribution in [0, 0.1) is 0 Å². The number of fused-ring (bicyclic) bond motifs is 16. The Labute approximate surface area is 382 Å². The minimum Gasteiger partial charge on any atom is -0.456 e. The molecule has 0 saturated carbocycles. The predicted octanol–water partition coefficient (Wildman–Crippen LogP) is 17.2. The van der Waals surface area contributed by atoms with Gasteiger partial charge in [0.2, 0.25) is 0 Å². The Balaban J connectivity index is 0.969. The second-order valence-corrected chi connectivity index (χ2v) is 17.5. The minimum atomic E-state index is -0.617. The van der Waals surface area contributed by atoms with Crippen molar-refractivity contribution in [1.29, 1.82) is 0 Å². The van der Waals surface area contributed by atoms with Gasteiger partial charge < -0.3 is 14.1 Å². The van der Waals surface area contributed by atoms with Gasteiger partial charge in [-0.1, -0.05) is 194 Å². The third-order valence-corrected chi connectivity index (χ3v) is 14.1. The molecule has 0 amide bonds. The number of anilines is 3. The molecule has 0 radical (unpaired) electrons. The molecule has 3 heteroatoms. The van der Waals surface area contributed by atoms with E-state index >= 15 is 0 Å². The standard InChI is InChI=1S/C63H39NO2/c1-2-14-40(15-3-1)41-28-34-45(35-29-41)64(56-25-13-27-58-60(56)51-21-9-11-26-57(51)65-58)46-36-30-44(31-37-46)47-22-12-24-53-59(47)50-20-8-10-23-52(50)63(53)54-38-32-42-16-4-6-18-48(42)61(54)66-62-49-19-7-5-17-43(49)33-39-55(62)63/h1-39H. The third kappa shape index (κ3) is 5.20. The molecule has 0 bridgehead atoms. The zero-order valence-corrected chi connectivity index (χ0v) is 35.8. The lowest BCUT2D eigenvalue weighted by Gasteiger charge is -2.40. The van der Waals surface area contributed by atoms with Gasteiger partial charge in [-0.3, -0.25) is 0 Å². The molecule has 1 aromatic heterocycles. The highest BCUT2D eigenvalue weighted by Crippen LogP contribution is 2.65. The maximum atomic E-state index is 7.21. The predicted molar refractivity (Wildman–Crippen MR) is 272 cm³/mol. The van der Waals surface area contributed by atoms with Gasteiger partial charge in [0.15, 0.2) is 0 Å². The van der Waals surface area contributed by atoms with Crippen LogP contribution in [-0.4, -0.2) is 0 Å². The Morgan fingerprint density at radius 3 is 1.58 bits per heavy atom. The van der Waals surface area contributed by atoms with Crippen molar-refractivity contribution < 1.29 is 9.15 Å². The van der Waals surface area contributed by atoms with Crippen LogP contribution >= 0.6 is 0 Å². The molecule has 308 valence electrons. The summed E-state index contributed by atoms with van der Waals surface area (Å²) in [5, 5.41) is 6.73. The van der Waals surface area contributed by atoms with Crippen molar-refractivity contribution in [2.75, 3.05) is 4.90 Å². The molecule has 66 heavy (non-hydrogen) atoms. The first-order chi connectivity index (χ1) is 32.7. The van der Waals surface area contributed by atoms with Crippen LogP contribution in [0.5, 0.6) is 11.5 Å². The zero-order chi connectivity index (χ0) is 43.3. The van der Waals surface area contributed by atoms with Gasteiger partial charge in [-0.15, -0.1) is 0 Å². The minimum absolute atomic E-state index is 0.617. The number of rotatable bonds is 5. The first-order valence-corrected chi connectivity index (χ1v) is 22.7. The lowest BCUT2D eigenvalue weighted by atomic mass is 9.65. The van der Waals surface area contributed by atoms with Crippen molar-refractivity contribution in [3.05, 3.63) is 259 Å². The number of nitrogens with zero attached hydrogens (tertiary/aromatic N) is 1. The average Bonchev–Trinajstić information content (AvgIpc) is 3.92. The number of furan rings is 1. The van der Waals surface area contributed by atoms with Crippen LogP contribution in [-0.2, 0) is 5.41 Å². The van der Waals surface area contributed by atoms with Gasteiger partial charge in [0.05, 0.1) is 16.5 Å². The summed E-state index contributed by atoms with van der Waals surface area (Å²) in [6.45, 7) is 0. The molecular formula is C63H39NO2. The number of para-hydroxylation sites is 1. The Hall–Kier alpha value is -8.66. The van der Waals surface area contributed by atoms with Crippen LogP contribution < -0.4 is 9.64 Å². The van der Waals surface area contributed by atoms with Crippen LogP contribution in [0.4, 0.5) is 17.1 Å². The van der Waals surface area contributed by atoms with Gasteiger partial charge >= 0.3 is 0 Å². The highest BCUT2D eigenvalue weighted by atomic mass is 16.5. The molecule has 0 saturated heterocycles. The molecule has 2 heterocycles. The monoisotopic (exact) mass is 841 g/mol. The van der Waals surface area contributed by atoms with E-state index in [1.54, 1.807) is 0 Å². The molecule has 12 aromatic rings. The highest BCUT2D eigenvalue weighted by Gasteiger charge is 2.52. The first kappa shape index (κ1) is 36.8. The van der Waals surface area contributed by atoms with Crippen LogP contribution in [0.15, 0.2) is 241 Å². The fraction of sp³-hybridized carbons (Fsp3) is 0.0159. The fourth-order valence-electron chi connectivity index (χ4n) is 11.3. The average molecular weight is 842 g/mol. The number of hydrogen-bond acceptors (Lipinski definition) is 3. The Morgan fingerprint density at radius 2 is 0.864 bits per heavy atom. The van der Waals surface area contributed by atoms with Crippen molar-refractivity contribution >= 4 is 60.5 Å². The lowest BCUT2D eigenvalue weighted by Crippen LogP contribution is -2.32. The Bertz CT molecular complexity index is 3820. The highest BCUT2D eigenvalue weighted by molar-refractivity contribution is 6.13. The molecule has 1 aliphatic heterocycles. The largest absolute Gasteiger partial charge is 0.456 e.